The third-order valence-electron chi connectivity index (χ3n) is 2.32. The topological polar surface area (TPSA) is 63.6 Å². The Kier molecular flexibility index (Phi) is 5.10. The first-order valence-corrected chi connectivity index (χ1v) is 5.98. The average Bonchev–Trinajstić information content (AvgIpc) is 2.34. The molecule has 1 N–H and O–H groups in total. The van der Waals surface area contributed by atoms with Crippen molar-refractivity contribution >= 4 is 39.5 Å². The Labute approximate surface area is 116 Å². The van der Waals surface area contributed by atoms with Crippen LogP contribution < -0.4 is 0 Å². The normalized spacial score (nSPS) is 12.0. The number of carboxylic acids is 1. The molecule has 0 radical (unpaired) electrons. The van der Waals surface area contributed by atoms with E-state index in [9.17, 15) is 14.0 Å². The Morgan fingerprint density at radius 3 is 2.67 bits per heavy atom. The summed E-state index contributed by atoms with van der Waals surface area (Å²) < 4.78 is 17.9. The number of carboxylic acid groups (broad SMARTS) is 1. The Bertz CT molecular complexity index is 492. The van der Waals surface area contributed by atoms with Gasteiger partial charge in [0.05, 0.1) is 16.6 Å². The summed E-state index contributed by atoms with van der Waals surface area (Å²) in [5.41, 5.74) is 0.328. The first-order chi connectivity index (χ1) is 8.38. The number of carbonyl (C=O) groups is 2. The molecule has 0 saturated heterocycles. The standard InChI is InChI=1S/C11H9BrClFO4/c1-18-11(17)6(10(15)16)4-5-2-3-7(13)9(14)8(5)12/h2-3,6H,4H2,1H3,(H,15,16). The van der Waals surface area contributed by atoms with Crippen molar-refractivity contribution in [1.29, 1.82) is 0 Å². The van der Waals surface area contributed by atoms with Crippen molar-refractivity contribution in [2.75, 3.05) is 7.11 Å². The highest BCUT2D eigenvalue weighted by Crippen LogP contribution is 2.28. The monoisotopic (exact) mass is 338 g/mol. The van der Waals surface area contributed by atoms with E-state index in [0.717, 1.165) is 7.11 Å². The van der Waals surface area contributed by atoms with Crippen LogP contribution in [0.15, 0.2) is 16.6 Å². The number of rotatable bonds is 4. The molecule has 0 aliphatic carbocycles. The van der Waals surface area contributed by atoms with Crippen LogP contribution in [0.25, 0.3) is 0 Å². The van der Waals surface area contributed by atoms with Crippen molar-refractivity contribution in [3.8, 4) is 0 Å². The van der Waals surface area contributed by atoms with Gasteiger partial charge in [-0.15, -0.1) is 0 Å². The summed E-state index contributed by atoms with van der Waals surface area (Å²) in [7, 11) is 1.09. The number of hydrogen-bond donors (Lipinski definition) is 1. The predicted octanol–water partition coefficient (Wildman–Crippen LogP) is 2.66. The number of benzene rings is 1. The molecule has 0 heterocycles. The van der Waals surface area contributed by atoms with Crippen LogP contribution in [0.5, 0.6) is 0 Å². The Hall–Kier alpha value is -1.14. The first-order valence-electron chi connectivity index (χ1n) is 4.81. The fourth-order valence-electron chi connectivity index (χ4n) is 1.36. The quantitative estimate of drug-likeness (QED) is 0.520. The molecule has 1 rings (SSSR count). The summed E-state index contributed by atoms with van der Waals surface area (Å²) in [6, 6.07) is 2.75. The van der Waals surface area contributed by atoms with E-state index in [2.05, 4.69) is 20.7 Å². The highest BCUT2D eigenvalue weighted by atomic mass is 79.9. The molecule has 1 aromatic carbocycles. The molecule has 0 fully saturated rings. The third-order valence-corrected chi connectivity index (χ3v) is 3.47. The minimum absolute atomic E-state index is 0.0464. The molecule has 18 heavy (non-hydrogen) atoms. The van der Waals surface area contributed by atoms with Crippen LogP contribution in [-0.2, 0) is 20.7 Å². The molecule has 4 nitrogen and oxygen atoms in total. The second kappa shape index (κ2) is 6.15. The van der Waals surface area contributed by atoms with Gasteiger partial charge < -0.3 is 9.84 Å². The molecule has 0 aliphatic heterocycles. The zero-order valence-corrected chi connectivity index (χ0v) is 11.6. The number of carbonyl (C=O) groups excluding carboxylic acids is 1. The maximum atomic E-state index is 13.5. The maximum Gasteiger partial charge on any atom is 0.320 e. The van der Waals surface area contributed by atoms with Crippen molar-refractivity contribution in [1.82, 2.24) is 0 Å². The van der Waals surface area contributed by atoms with Gasteiger partial charge in [-0.05, 0) is 34.0 Å². The van der Waals surface area contributed by atoms with Crippen LogP contribution in [0.2, 0.25) is 5.02 Å². The van der Waals surface area contributed by atoms with E-state index in [1.165, 1.54) is 12.1 Å². The highest BCUT2D eigenvalue weighted by Gasteiger charge is 2.28. The second-order valence-electron chi connectivity index (χ2n) is 3.45. The number of aliphatic carboxylic acids is 1. The van der Waals surface area contributed by atoms with Gasteiger partial charge in [0.2, 0.25) is 0 Å². The molecule has 0 aliphatic rings. The first kappa shape index (κ1) is 14.9. The van der Waals surface area contributed by atoms with E-state index in [-0.39, 0.29) is 15.9 Å². The van der Waals surface area contributed by atoms with E-state index in [1.807, 2.05) is 0 Å². The molecule has 1 unspecified atom stereocenters. The fraction of sp³-hybridized carbons (Fsp3) is 0.273. The van der Waals surface area contributed by atoms with E-state index in [0.29, 0.717) is 5.56 Å². The lowest BCUT2D eigenvalue weighted by molar-refractivity contribution is -0.156. The lowest BCUT2D eigenvalue weighted by Crippen LogP contribution is -2.27. The maximum absolute atomic E-state index is 13.5. The fourth-order valence-corrected chi connectivity index (χ4v) is 2.14. The van der Waals surface area contributed by atoms with E-state index in [1.54, 1.807) is 0 Å². The Morgan fingerprint density at radius 2 is 2.17 bits per heavy atom. The zero-order chi connectivity index (χ0) is 13.9. The largest absolute Gasteiger partial charge is 0.481 e. The third kappa shape index (κ3) is 3.20. The van der Waals surface area contributed by atoms with Gasteiger partial charge in [0.25, 0.3) is 0 Å². The zero-order valence-electron chi connectivity index (χ0n) is 9.25. The van der Waals surface area contributed by atoms with Crippen molar-refractivity contribution in [3.63, 3.8) is 0 Å². The van der Waals surface area contributed by atoms with Crippen LogP contribution in [0, 0.1) is 11.7 Å². The lowest BCUT2D eigenvalue weighted by atomic mass is 9.99. The summed E-state index contributed by atoms with van der Waals surface area (Å²) >= 11 is 8.54. The van der Waals surface area contributed by atoms with Gasteiger partial charge in [0, 0.05) is 0 Å². The number of ether oxygens (including phenoxy) is 1. The summed E-state index contributed by atoms with van der Waals surface area (Å²) in [5.74, 6) is -4.29. The van der Waals surface area contributed by atoms with Gasteiger partial charge in [-0.1, -0.05) is 17.7 Å². The molecule has 0 spiro atoms. The van der Waals surface area contributed by atoms with Crippen molar-refractivity contribution in [3.05, 3.63) is 33.0 Å². The molecule has 0 saturated carbocycles. The minimum Gasteiger partial charge on any atom is -0.481 e. The molecule has 1 atom stereocenters. The smallest absolute Gasteiger partial charge is 0.320 e. The summed E-state index contributed by atoms with van der Waals surface area (Å²) in [5, 5.41) is 8.83. The highest BCUT2D eigenvalue weighted by molar-refractivity contribution is 9.10. The SMILES string of the molecule is COC(=O)C(Cc1ccc(Cl)c(F)c1Br)C(=O)O. The van der Waals surface area contributed by atoms with Crippen LogP contribution in [0.4, 0.5) is 4.39 Å². The number of halogens is 3. The lowest BCUT2D eigenvalue weighted by Gasteiger charge is -2.12. The minimum atomic E-state index is -1.38. The predicted molar refractivity (Wildman–Crippen MR) is 66.0 cm³/mol. The molecule has 7 heteroatoms. The summed E-state index contributed by atoms with van der Waals surface area (Å²) in [6.07, 6.45) is -0.184. The molecule has 0 amide bonds. The van der Waals surface area contributed by atoms with Crippen LogP contribution in [-0.4, -0.2) is 24.2 Å². The summed E-state index contributed by atoms with van der Waals surface area (Å²) in [4.78, 5) is 22.2. The van der Waals surface area contributed by atoms with Gasteiger partial charge in [0.1, 0.15) is 0 Å². The van der Waals surface area contributed by atoms with E-state index >= 15 is 0 Å². The average molecular weight is 340 g/mol. The van der Waals surface area contributed by atoms with Crippen LogP contribution >= 0.6 is 27.5 Å². The van der Waals surface area contributed by atoms with Gasteiger partial charge in [-0.3, -0.25) is 9.59 Å². The molecular weight excluding hydrogens is 330 g/mol. The van der Waals surface area contributed by atoms with Crippen molar-refractivity contribution < 1.29 is 23.8 Å². The van der Waals surface area contributed by atoms with Gasteiger partial charge in [-0.25, -0.2) is 4.39 Å². The number of hydrogen-bond acceptors (Lipinski definition) is 3. The van der Waals surface area contributed by atoms with E-state index < -0.39 is 23.7 Å². The van der Waals surface area contributed by atoms with Crippen LogP contribution in [0.3, 0.4) is 0 Å². The molecule has 98 valence electrons. The molecule has 0 bridgehead atoms. The van der Waals surface area contributed by atoms with Crippen LogP contribution in [0.1, 0.15) is 5.56 Å². The number of esters is 1. The van der Waals surface area contributed by atoms with Gasteiger partial charge in [0.15, 0.2) is 11.7 Å². The van der Waals surface area contributed by atoms with E-state index in [4.69, 9.17) is 16.7 Å². The molecule has 0 aromatic heterocycles. The van der Waals surface area contributed by atoms with Crippen molar-refractivity contribution in [2.45, 2.75) is 6.42 Å². The van der Waals surface area contributed by atoms with Crippen molar-refractivity contribution in [2.24, 2.45) is 5.92 Å². The Balaban J connectivity index is 3.05. The van der Waals surface area contributed by atoms with Gasteiger partial charge >= 0.3 is 11.9 Å². The second-order valence-corrected chi connectivity index (χ2v) is 4.65. The summed E-state index contributed by atoms with van der Waals surface area (Å²) in [6.45, 7) is 0. The Morgan fingerprint density at radius 1 is 1.56 bits per heavy atom. The van der Waals surface area contributed by atoms with Gasteiger partial charge in [-0.2, -0.15) is 0 Å². The number of methoxy groups -OCH3 is 1. The molecule has 1 aromatic rings. The molecular formula is C11H9BrClFO4.